The van der Waals surface area contributed by atoms with E-state index in [0.717, 1.165) is 0 Å². The molecule has 0 aliphatic carbocycles. The van der Waals surface area contributed by atoms with Gasteiger partial charge in [-0.3, -0.25) is 0 Å². The highest BCUT2D eigenvalue weighted by Crippen LogP contribution is 2.19. The van der Waals surface area contributed by atoms with Crippen molar-refractivity contribution in [1.82, 2.24) is 14.6 Å². The van der Waals surface area contributed by atoms with E-state index < -0.39 is 0 Å². The summed E-state index contributed by atoms with van der Waals surface area (Å²) in [6, 6.07) is 13.4. The van der Waals surface area contributed by atoms with E-state index in [1.165, 1.54) is 10.6 Å². The number of benzene rings is 1. The van der Waals surface area contributed by atoms with Gasteiger partial charge in [-0.15, -0.1) is 5.10 Å². The molecule has 3 aromatic rings. The Kier molecular flexibility index (Phi) is 2.27. The van der Waals surface area contributed by atoms with Crippen LogP contribution in [-0.2, 0) is 0 Å². The number of hydrogen-bond acceptors (Lipinski definition) is 3. The van der Waals surface area contributed by atoms with Crippen LogP contribution in [0.25, 0.3) is 17.0 Å². The van der Waals surface area contributed by atoms with Gasteiger partial charge in [-0.25, -0.2) is 13.9 Å². The second kappa shape index (κ2) is 3.93. The molecule has 4 nitrogen and oxygen atoms in total. The number of rotatable bonds is 1. The second-order valence-electron chi connectivity index (χ2n) is 3.71. The van der Waals surface area contributed by atoms with Crippen LogP contribution in [0.4, 0.5) is 4.39 Å². The van der Waals surface area contributed by atoms with Crippen LogP contribution in [0.15, 0.2) is 42.5 Å². The highest BCUT2D eigenvalue weighted by Gasteiger charge is 2.11. The monoisotopic (exact) mass is 238 g/mol. The van der Waals surface area contributed by atoms with Crippen LogP contribution in [0.2, 0.25) is 0 Å². The van der Waals surface area contributed by atoms with Gasteiger partial charge in [0.2, 0.25) is 0 Å². The van der Waals surface area contributed by atoms with E-state index in [0.29, 0.717) is 16.9 Å². The lowest BCUT2D eigenvalue weighted by molar-refractivity contribution is 0.630. The van der Waals surface area contributed by atoms with Crippen molar-refractivity contribution in [3.63, 3.8) is 0 Å². The van der Waals surface area contributed by atoms with Crippen LogP contribution in [0.3, 0.4) is 0 Å². The quantitative estimate of drug-likeness (QED) is 0.654. The number of hydrogen-bond donors (Lipinski definition) is 0. The summed E-state index contributed by atoms with van der Waals surface area (Å²) in [7, 11) is 0. The predicted octanol–water partition coefficient (Wildman–Crippen LogP) is 2.41. The number of aromatic nitrogens is 3. The zero-order valence-electron chi connectivity index (χ0n) is 9.21. The minimum atomic E-state index is -0.382. The highest BCUT2D eigenvalue weighted by atomic mass is 19.1. The Labute approximate surface area is 102 Å². The third-order valence-corrected chi connectivity index (χ3v) is 2.59. The van der Waals surface area contributed by atoms with E-state index in [1.54, 1.807) is 36.4 Å². The lowest BCUT2D eigenvalue weighted by Gasteiger charge is -1.95. The molecule has 0 aliphatic heterocycles. The normalized spacial score (nSPS) is 10.4. The highest BCUT2D eigenvalue weighted by molar-refractivity contribution is 5.59. The summed E-state index contributed by atoms with van der Waals surface area (Å²) in [5.41, 5.74) is 1.21. The number of nitriles is 1. The van der Waals surface area contributed by atoms with Crippen molar-refractivity contribution in [3.05, 3.63) is 54.0 Å². The van der Waals surface area contributed by atoms with Crippen LogP contribution in [-0.4, -0.2) is 14.6 Å². The molecule has 2 heterocycles. The summed E-state index contributed by atoms with van der Waals surface area (Å²) < 4.78 is 15.0. The predicted molar refractivity (Wildman–Crippen MR) is 63.1 cm³/mol. The first-order chi connectivity index (χ1) is 8.79. The van der Waals surface area contributed by atoms with Gasteiger partial charge in [0.15, 0.2) is 11.5 Å². The molecule has 0 fully saturated rings. The van der Waals surface area contributed by atoms with E-state index in [4.69, 9.17) is 5.26 Å². The molecule has 1 aromatic carbocycles. The molecule has 86 valence electrons. The van der Waals surface area contributed by atoms with Crippen molar-refractivity contribution in [1.29, 1.82) is 5.26 Å². The first-order valence-electron chi connectivity index (χ1n) is 5.30. The van der Waals surface area contributed by atoms with Crippen molar-refractivity contribution >= 4 is 5.65 Å². The van der Waals surface area contributed by atoms with Gasteiger partial charge in [0, 0.05) is 0 Å². The average molecular weight is 238 g/mol. The summed E-state index contributed by atoms with van der Waals surface area (Å²) in [5, 5.41) is 13.1. The molecule has 0 unspecified atom stereocenters. The third kappa shape index (κ3) is 1.52. The molecule has 0 amide bonds. The zero-order valence-corrected chi connectivity index (χ0v) is 9.21. The molecule has 0 radical (unpaired) electrons. The number of halogens is 1. The molecule has 0 spiro atoms. The molecule has 0 N–H and O–H groups in total. The van der Waals surface area contributed by atoms with Crippen molar-refractivity contribution in [3.8, 4) is 17.5 Å². The van der Waals surface area contributed by atoms with Crippen LogP contribution >= 0.6 is 0 Å². The summed E-state index contributed by atoms with van der Waals surface area (Å²) in [6.07, 6.45) is 0. The Hall–Kier alpha value is -2.74. The van der Waals surface area contributed by atoms with Gasteiger partial charge in [0.25, 0.3) is 0 Å². The SMILES string of the molecule is N#Cc1cccc2nc(-c3ccccc3F)nn12. The van der Waals surface area contributed by atoms with Gasteiger partial charge in [0.1, 0.15) is 17.6 Å². The van der Waals surface area contributed by atoms with Gasteiger partial charge in [-0.2, -0.15) is 5.26 Å². The molecule has 0 saturated heterocycles. The molecule has 18 heavy (non-hydrogen) atoms. The van der Waals surface area contributed by atoms with Gasteiger partial charge >= 0.3 is 0 Å². The number of fused-ring (bicyclic) bond motifs is 1. The maximum Gasteiger partial charge on any atom is 0.185 e. The Morgan fingerprint density at radius 1 is 1.11 bits per heavy atom. The molecule has 0 aliphatic rings. The Morgan fingerprint density at radius 2 is 1.94 bits per heavy atom. The van der Waals surface area contributed by atoms with E-state index in [2.05, 4.69) is 10.1 Å². The van der Waals surface area contributed by atoms with Crippen molar-refractivity contribution in [2.75, 3.05) is 0 Å². The van der Waals surface area contributed by atoms with Crippen molar-refractivity contribution in [2.45, 2.75) is 0 Å². The lowest BCUT2D eigenvalue weighted by Crippen LogP contribution is -1.93. The lowest BCUT2D eigenvalue weighted by atomic mass is 10.2. The average Bonchev–Trinajstić information content (AvgIpc) is 2.82. The fourth-order valence-electron chi connectivity index (χ4n) is 1.75. The third-order valence-electron chi connectivity index (χ3n) is 2.59. The minimum Gasteiger partial charge on any atom is -0.207 e. The van der Waals surface area contributed by atoms with Gasteiger partial charge in [0.05, 0.1) is 5.56 Å². The number of pyridine rings is 1. The Balaban J connectivity index is 2.27. The topological polar surface area (TPSA) is 54.0 Å². The fraction of sp³-hybridized carbons (Fsp3) is 0. The van der Waals surface area contributed by atoms with E-state index in [9.17, 15) is 4.39 Å². The van der Waals surface area contributed by atoms with E-state index >= 15 is 0 Å². The molecular weight excluding hydrogens is 231 g/mol. The standard InChI is InChI=1S/C13H7FN4/c14-11-6-2-1-5-10(11)13-16-12-7-3-4-9(8-15)18(12)17-13/h1-7H. The zero-order chi connectivity index (χ0) is 12.5. The van der Waals surface area contributed by atoms with Crippen molar-refractivity contribution in [2.24, 2.45) is 0 Å². The maximum atomic E-state index is 13.6. The minimum absolute atomic E-state index is 0.274. The first kappa shape index (κ1) is 10.4. The maximum absolute atomic E-state index is 13.6. The molecule has 0 atom stereocenters. The summed E-state index contributed by atoms with van der Waals surface area (Å²) in [5.74, 6) is -0.109. The largest absolute Gasteiger partial charge is 0.207 e. The van der Waals surface area contributed by atoms with Crippen LogP contribution in [0.1, 0.15) is 5.69 Å². The van der Waals surface area contributed by atoms with Gasteiger partial charge in [-0.1, -0.05) is 18.2 Å². The summed E-state index contributed by atoms with van der Waals surface area (Å²) >= 11 is 0. The van der Waals surface area contributed by atoms with Crippen molar-refractivity contribution < 1.29 is 4.39 Å². The van der Waals surface area contributed by atoms with E-state index in [1.807, 2.05) is 6.07 Å². The first-order valence-corrected chi connectivity index (χ1v) is 5.30. The van der Waals surface area contributed by atoms with Gasteiger partial charge < -0.3 is 0 Å². The van der Waals surface area contributed by atoms with E-state index in [-0.39, 0.29) is 11.6 Å². The molecule has 5 heteroatoms. The molecule has 0 saturated carbocycles. The number of nitrogens with zero attached hydrogens (tertiary/aromatic N) is 4. The van der Waals surface area contributed by atoms with Crippen LogP contribution < -0.4 is 0 Å². The molecule has 3 rings (SSSR count). The Morgan fingerprint density at radius 3 is 2.72 bits per heavy atom. The molecular formula is C13H7FN4. The fourth-order valence-corrected chi connectivity index (χ4v) is 1.75. The summed E-state index contributed by atoms with van der Waals surface area (Å²) in [4.78, 5) is 4.21. The summed E-state index contributed by atoms with van der Waals surface area (Å²) in [6.45, 7) is 0. The van der Waals surface area contributed by atoms with Gasteiger partial charge in [-0.05, 0) is 24.3 Å². The molecule has 2 aromatic heterocycles. The second-order valence-corrected chi connectivity index (χ2v) is 3.71. The van der Waals surface area contributed by atoms with Crippen LogP contribution in [0.5, 0.6) is 0 Å². The Bertz CT molecular complexity index is 770. The smallest absolute Gasteiger partial charge is 0.185 e. The van der Waals surface area contributed by atoms with Crippen LogP contribution in [0, 0.1) is 17.1 Å². The molecule has 0 bridgehead atoms.